The van der Waals surface area contributed by atoms with E-state index >= 15 is 0 Å². The molecule has 0 radical (unpaired) electrons. The van der Waals surface area contributed by atoms with Crippen LogP contribution in [0.15, 0.2) is 48.5 Å². The Hall–Kier alpha value is -2.04. The molecule has 4 nitrogen and oxygen atoms in total. The first-order valence-corrected chi connectivity index (χ1v) is 6.92. The van der Waals surface area contributed by atoms with Gasteiger partial charge in [0, 0.05) is 6.54 Å². The van der Waals surface area contributed by atoms with E-state index < -0.39 is 6.10 Å². The fraction of sp³-hybridized carbons (Fsp3) is 0.294. The number of hydrogen-bond acceptors (Lipinski definition) is 4. The highest BCUT2D eigenvalue weighted by Crippen LogP contribution is 2.29. The summed E-state index contributed by atoms with van der Waals surface area (Å²) < 4.78 is 11.0. The number of aliphatic hydroxyl groups excluding tert-OH is 1. The number of benzene rings is 2. The Morgan fingerprint density at radius 2 is 1.86 bits per heavy atom. The fourth-order valence-corrected chi connectivity index (χ4v) is 2.09. The summed E-state index contributed by atoms with van der Waals surface area (Å²) in [6, 6.07) is 15.2. The van der Waals surface area contributed by atoms with Gasteiger partial charge in [0.15, 0.2) is 11.5 Å². The van der Waals surface area contributed by atoms with Gasteiger partial charge >= 0.3 is 0 Å². The molecule has 0 fully saturated rings. The number of nitrogens with one attached hydrogen (secondary N) is 1. The predicted octanol–water partition coefficient (Wildman–Crippen LogP) is 2.53. The third-order valence-electron chi connectivity index (χ3n) is 3.19. The third-order valence-corrected chi connectivity index (χ3v) is 3.19. The third kappa shape index (κ3) is 4.21. The molecule has 21 heavy (non-hydrogen) atoms. The van der Waals surface area contributed by atoms with E-state index in [1.807, 2.05) is 55.6 Å². The van der Waals surface area contributed by atoms with E-state index in [1.165, 1.54) is 0 Å². The average Bonchev–Trinajstić information content (AvgIpc) is 2.54. The Labute approximate surface area is 125 Å². The van der Waals surface area contributed by atoms with Gasteiger partial charge < -0.3 is 19.9 Å². The average molecular weight is 287 g/mol. The van der Waals surface area contributed by atoms with Gasteiger partial charge in [-0.2, -0.15) is 0 Å². The molecule has 0 aromatic heterocycles. The first-order valence-electron chi connectivity index (χ1n) is 6.92. The summed E-state index contributed by atoms with van der Waals surface area (Å²) in [5.41, 5.74) is 1.95. The Morgan fingerprint density at radius 3 is 2.52 bits per heavy atom. The van der Waals surface area contributed by atoms with Crippen LogP contribution in [-0.4, -0.2) is 25.9 Å². The molecule has 1 atom stereocenters. The number of rotatable bonds is 7. The Kier molecular flexibility index (Phi) is 5.60. The van der Waals surface area contributed by atoms with E-state index in [4.69, 9.17) is 9.47 Å². The SMILES string of the molecule is CNCc1ccc(OCC(O)c2ccccc2)c(OC)c1. The lowest BCUT2D eigenvalue weighted by Gasteiger charge is -2.15. The zero-order valence-electron chi connectivity index (χ0n) is 12.4. The lowest BCUT2D eigenvalue weighted by atomic mass is 10.1. The molecule has 0 bridgehead atoms. The van der Waals surface area contributed by atoms with Crippen LogP contribution in [0, 0.1) is 0 Å². The molecule has 2 N–H and O–H groups in total. The normalized spacial score (nSPS) is 12.0. The second-order valence-corrected chi connectivity index (χ2v) is 4.75. The summed E-state index contributed by atoms with van der Waals surface area (Å²) in [7, 11) is 3.51. The number of aliphatic hydroxyl groups is 1. The van der Waals surface area contributed by atoms with E-state index in [0.29, 0.717) is 11.5 Å². The molecule has 0 heterocycles. The van der Waals surface area contributed by atoms with Crippen molar-refractivity contribution in [2.45, 2.75) is 12.6 Å². The van der Waals surface area contributed by atoms with Crippen LogP contribution < -0.4 is 14.8 Å². The number of methoxy groups -OCH3 is 1. The van der Waals surface area contributed by atoms with Gasteiger partial charge in [0.05, 0.1) is 7.11 Å². The van der Waals surface area contributed by atoms with Gasteiger partial charge in [0.2, 0.25) is 0 Å². The maximum Gasteiger partial charge on any atom is 0.161 e. The summed E-state index contributed by atoms with van der Waals surface area (Å²) >= 11 is 0. The molecule has 0 spiro atoms. The van der Waals surface area contributed by atoms with Crippen molar-refractivity contribution in [1.29, 1.82) is 0 Å². The van der Waals surface area contributed by atoms with Crippen LogP contribution in [0.1, 0.15) is 17.2 Å². The smallest absolute Gasteiger partial charge is 0.161 e. The van der Waals surface area contributed by atoms with Crippen molar-refractivity contribution in [3.05, 3.63) is 59.7 Å². The highest BCUT2D eigenvalue weighted by atomic mass is 16.5. The monoisotopic (exact) mass is 287 g/mol. The first-order chi connectivity index (χ1) is 10.2. The molecule has 112 valence electrons. The maximum absolute atomic E-state index is 10.1. The molecule has 1 unspecified atom stereocenters. The minimum Gasteiger partial charge on any atom is -0.493 e. The number of hydrogen-bond donors (Lipinski definition) is 2. The summed E-state index contributed by atoms with van der Waals surface area (Å²) in [5.74, 6) is 1.30. The highest BCUT2D eigenvalue weighted by Gasteiger charge is 2.11. The van der Waals surface area contributed by atoms with Gasteiger partial charge in [-0.25, -0.2) is 0 Å². The van der Waals surface area contributed by atoms with E-state index in [9.17, 15) is 5.11 Å². The second-order valence-electron chi connectivity index (χ2n) is 4.75. The van der Waals surface area contributed by atoms with Crippen molar-refractivity contribution in [2.75, 3.05) is 20.8 Å². The van der Waals surface area contributed by atoms with Crippen molar-refractivity contribution in [2.24, 2.45) is 0 Å². The standard InChI is InChI=1S/C17H21NO3/c1-18-11-13-8-9-16(17(10-13)20-2)21-12-15(19)14-6-4-3-5-7-14/h3-10,15,18-19H,11-12H2,1-2H3. The molecule has 4 heteroatoms. The molecular weight excluding hydrogens is 266 g/mol. The molecule has 0 amide bonds. The van der Waals surface area contributed by atoms with Crippen LogP contribution in [0.2, 0.25) is 0 Å². The maximum atomic E-state index is 10.1. The summed E-state index contributed by atoms with van der Waals surface area (Å²) in [4.78, 5) is 0. The van der Waals surface area contributed by atoms with E-state index in [2.05, 4.69) is 5.32 Å². The van der Waals surface area contributed by atoms with Crippen LogP contribution in [0.5, 0.6) is 11.5 Å². The van der Waals surface area contributed by atoms with Crippen LogP contribution in [0.4, 0.5) is 0 Å². The Balaban J connectivity index is 2.02. The van der Waals surface area contributed by atoms with Crippen molar-refractivity contribution >= 4 is 0 Å². The molecule has 2 aromatic rings. The molecule has 0 saturated heterocycles. The van der Waals surface area contributed by atoms with Crippen LogP contribution in [0.25, 0.3) is 0 Å². The van der Waals surface area contributed by atoms with E-state index in [1.54, 1.807) is 7.11 Å². The van der Waals surface area contributed by atoms with Crippen molar-refractivity contribution < 1.29 is 14.6 Å². The van der Waals surface area contributed by atoms with Gasteiger partial charge in [0.25, 0.3) is 0 Å². The minimum atomic E-state index is -0.659. The Morgan fingerprint density at radius 1 is 1.10 bits per heavy atom. The van der Waals surface area contributed by atoms with Gasteiger partial charge in [-0.15, -0.1) is 0 Å². The van der Waals surface area contributed by atoms with Crippen LogP contribution in [-0.2, 0) is 6.54 Å². The van der Waals surface area contributed by atoms with Crippen molar-refractivity contribution in [1.82, 2.24) is 5.32 Å². The fourth-order valence-electron chi connectivity index (χ4n) is 2.09. The van der Waals surface area contributed by atoms with Gasteiger partial charge in [-0.1, -0.05) is 36.4 Å². The first kappa shape index (κ1) is 15.4. The summed E-state index contributed by atoms with van der Waals surface area (Å²) in [6.07, 6.45) is -0.659. The highest BCUT2D eigenvalue weighted by molar-refractivity contribution is 5.43. The zero-order valence-corrected chi connectivity index (χ0v) is 12.4. The second kappa shape index (κ2) is 7.67. The van der Waals surface area contributed by atoms with Gasteiger partial charge in [-0.05, 0) is 30.3 Å². The van der Waals surface area contributed by atoms with Gasteiger partial charge in [0.1, 0.15) is 12.7 Å². The molecule has 0 saturated carbocycles. The van der Waals surface area contributed by atoms with E-state index in [-0.39, 0.29) is 6.61 Å². The number of ether oxygens (including phenoxy) is 2. The summed E-state index contributed by atoms with van der Waals surface area (Å²) in [6.45, 7) is 0.953. The van der Waals surface area contributed by atoms with Crippen LogP contribution >= 0.6 is 0 Å². The van der Waals surface area contributed by atoms with Crippen LogP contribution in [0.3, 0.4) is 0 Å². The molecule has 2 rings (SSSR count). The molecule has 0 aliphatic rings. The van der Waals surface area contributed by atoms with Crippen molar-refractivity contribution in [3.63, 3.8) is 0 Å². The van der Waals surface area contributed by atoms with Crippen molar-refractivity contribution in [3.8, 4) is 11.5 Å². The zero-order chi connectivity index (χ0) is 15.1. The quantitative estimate of drug-likeness (QED) is 0.821. The predicted molar refractivity (Wildman–Crippen MR) is 82.7 cm³/mol. The topological polar surface area (TPSA) is 50.7 Å². The molecule has 2 aromatic carbocycles. The molecule has 0 aliphatic heterocycles. The Bertz CT molecular complexity index is 557. The van der Waals surface area contributed by atoms with E-state index in [0.717, 1.165) is 17.7 Å². The molecule has 0 aliphatic carbocycles. The molecular formula is C17H21NO3. The summed E-state index contributed by atoms with van der Waals surface area (Å²) in [5, 5.41) is 13.2. The lowest BCUT2D eigenvalue weighted by molar-refractivity contribution is 0.106. The lowest BCUT2D eigenvalue weighted by Crippen LogP contribution is -2.10. The van der Waals surface area contributed by atoms with Gasteiger partial charge in [-0.3, -0.25) is 0 Å². The largest absolute Gasteiger partial charge is 0.493 e. The minimum absolute atomic E-state index is 0.186.